The lowest BCUT2D eigenvalue weighted by molar-refractivity contribution is 0.300. The fourth-order valence-corrected chi connectivity index (χ4v) is 2.10. The number of nitrogens with one attached hydrogen (secondary N) is 2. The normalized spacial score (nSPS) is 23.9. The van der Waals surface area contributed by atoms with E-state index in [-0.39, 0.29) is 18.7 Å². The molecule has 0 bridgehead atoms. The van der Waals surface area contributed by atoms with Gasteiger partial charge in [0.05, 0.1) is 6.04 Å². The quantitative estimate of drug-likeness (QED) is 0.455. The minimum Gasteiger partial charge on any atom is -0.399 e. The molecule has 1 aliphatic heterocycles. The maximum atomic E-state index is 8.96. The predicted molar refractivity (Wildman–Crippen MR) is 69.9 cm³/mol. The summed E-state index contributed by atoms with van der Waals surface area (Å²) in [7, 11) is 0. The summed E-state index contributed by atoms with van der Waals surface area (Å²) in [6.07, 6.45) is 0.580. The van der Waals surface area contributed by atoms with Crippen LogP contribution in [0.3, 0.4) is 0 Å². The molecule has 0 radical (unpaired) electrons. The van der Waals surface area contributed by atoms with Gasteiger partial charge in [0.15, 0.2) is 0 Å². The first kappa shape index (κ1) is 12.2. The lowest BCUT2D eigenvalue weighted by Gasteiger charge is -2.18. The zero-order valence-electron chi connectivity index (χ0n) is 9.82. The lowest BCUT2D eigenvalue weighted by atomic mass is 10.1. The minimum atomic E-state index is 0.109. The van der Waals surface area contributed by atoms with Crippen LogP contribution in [0, 0.1) is 0 Å². The number of anilines is 2. The van der Waals surface area contributed by atoms with Crippen molar-refractivity contribution in [1.29, 1.82) is 0 Å². The number of nitrogen functional groups attached to an aromatic ring is 1. The summed E-state index contributed by atoms with van der Waals surface area (Å²) >= 11 is 0. The fourth-order valence-electron chi connectivity index (χ4n) is 2.10. The maximum absolute atomic E-state index is 8.96. The van der Waals surface area contributed by atoms with Gasteiger partial charge in [-0.1, -0.05) is 0 Å². The van der Waals surface area contributed by atoms with Gasteiger partial charge in [-0.25, -0.2) is 0 Å². The number of rotatable bonds is 4. The van der Waals surface area contributed by atoms with E-state index in [4.69, 9.17) is 16.6 Å². The molecule has 1 heterocycles. The Labute approximate surface area is 101 Å². The highest BCUT2D eigenvalue weighted by Crippen LogP contribution is 2.19. The number of hydrogen-bond donors (Lipinski definition) is 5. The van der Waals surface area contributed by atoms with E-state index in [2.05, 4.69) is 10.6 Å². The molecular weight excluding hydrogens is 216 g/mol. The number of hydrogen-bond acceptors (Lipinski definition) is 5. The molecule has 94 valence electrons. The van der Waals surface area contributed by atoms with E-state index in [1.807, 2.05) is 18.2 Å². The zero-order chi connectivity index (χ0) is 12.3. The third kappa shape index (κ3) is 2.88. The van der Waals surface area contributed by atoms with Gasteiger partial charge in [-0.15, -0.1) is 0 Å². The first-order valence-electron chi connectivity index (χ1n) is 5.93. The minimum absolute atomic E-state index is 0.109. The summed E-state index contributed by atoms with van der Waals surface area (Å²) < 4.78 is 0. The second-order valence-electron chi connectivity index (χ2n) is 4.46. The van der Waals surface area contributed by atoms with Gasteiger partial charge in [0.1, 0.15) is 0 Å². The van der Waals surface area contributed by atoms with Crippen molar-refractivity contribution in [1.82, 2.24) is 5.32 Å². The molecule has 0 aromatic heterocycles. The van der Waals surface area contributed by atoms with E-state index in [0.717, 1.165) is 30.0 Å². The van der Waals surface area contributed by atoms with Crippen LogP contribution in [0.4, 0.5) is 11.4 Å². The molecule has 5 heteroatoms. The summed E-state index contributed by atoms with van der Waals surface area (Å²) in [5, 5.41) is 15.6. The van der Waals surface area contributed by atoms with Crippen LogP contribution < -0.4 is 22.1 Å². The standard InChI is InChI=1S/C12H20N4O/c13-10-2-1-9(5-8(10)3-4-17)16-12-7-15-6-11(12)14/h1-2,5,11-12,15-17H,3-4,6-7,13-14H2. The number of aliphatic hydroxyl groups excluding tert-OH is 1. The Bertz CT molecular complexity index is 383. The van der Waals surface area contributed by atoms with E-state index in [1.165, 1.54) is 0 Å². The van der Waals surface area contributed by atoms with Gasteiger partial charge in [0.2, 0.25) is 0 Å². The van der Waals surface area contributed by atoms with Gasteiger partial charge in [-0.05, 0) is 30.2 Å². The molecule has 0 aliphatic carbocycles. The van der Waals surface area contributed by atoms with E-state index < -0.39 is 0 Å². The number of benzene rings is 1. The van der Waals surface area contributed by atoms with Crippen molar-refractivity contribution in [2.45, 2.75) is 18.5 Å². The summed E-state index contributed by atoms with van der Waals surface area (Å²) in [5.41, 5.74) is 14.5. The van der Waals surface area contributed by atoms with Gasteiger partial charge < -0.3 is 27.2 Å². The Morgan fingerprint density at radius 1 is 1.41 bits per heavy atom. The van der Waals surface area contributed by atoms with Crippen LogP contribution in [0.2, 0.25) is 0 Å². The molecule has 0 saturated carbocycles. The molecule has 1 aromatic rings. The summed E-state index contributed by atoms with van der Waals surface area (Å²) in [6, 6.07) is 6.17. The van der Waals surface area contributed by atoms with Gasteiger partial charge in [0.25, 0.3) is 0 Å². The monoisotopic (exact) mass is 236 g/mol. The molecule has 1 aliphatic rings. The van der Waals surface area contributed by atoms with Crippen LogP contribution in [-0.4, -0.2) is 36.9 Å². The van der Waals surface area contributed by atoms with Crippen LogP contribution in [-0.2, 0) is 6.42 Å². The van der Waals surface area contributed by atoms with Crippen molar-refractivity contribution in [3.63, 3.8) is 0 Å². The second-order valence-corrected chi connectivity index (χ2v) is 4.46. The third-order valence-electron chi connectivity index (χ3n) is 3.14. The summed E-state index contributed by atoms with van der Waals surface area (Å²) in [6.45, 7) is 1.83. The second kappa shape index (κ2) is 5.35. The van der Waals surface area contributed by atoms with E-state index in [1.54, 1.807) is 0 Å². The zero-order valence-corrected chi connectivity index (χ0v) is 9.82. The van der Waals surface area contributed by atoms with Gasteiger partial charge in [-0.2, -0.15) is 0 Å². The summed E-state index contributed by atoms with van der Waals surface area (Å²) in [5.74, 6) is 0. The molecule has 0 amide bonds. The van der Waals surface area contributed by atoms with Crippen molar-refractivity contribution >= 4 is 11.4 Å². The molecule has 1 fully saturated rings. The smallest absolute Gasteiger partial charge is 0.0549 e. The topological polar surface area (TPSA) is 96.3 Å². The third-order valence-corrected chi connectivity index (χ3v) is 3.14. The van der Waals surface area contributed by atoms with Gasteiger partial charge in [0, 0.05) is 37.1 Å². The fraction of sp³-hybridized carbons (Fsp3) is 0.500. The highest BCUT2D eigenvalue weighted by molar-refractivity contribution is 5.58. The largest absolute Gasteiger partial charge is 0.399 e. The van der Waals surface area contributed by atoms with Gasteiger partial charge in [-0.3, -0.25) is 0 Å². The van der Waals surface area contributed by atoms with Crippen LogP contribution in [0.1, 0.15) is 5.56 Å². The van der Waals surface area contributed by atoms with Crippen molar-refractivity contribution in [2.24, 2.45) is 5.73 Å². The molecule has 2 unspecified atom stereocenters. The molecule has 2 atom stereocenters. The highest BCUT2D eigenvalue weighted by atomic mass is 16.2. The Kier molecular flexibility index (Phi) is 3.83. The van der Waals surface area contributed by atoms with E-state index in [0.29, 0.717) is 6.42 Å². The molecule has 7 N–H and O–H groups in total. The molecule has 17 heavy (non-hydrogen) atoms. The predicted octanol–water partition coefficient (Wildman–Crippen LogP) is -0.485. The first-order chi connectivity index (χ1) is 8.20. The molecule has 1 saturated heterocycles. The maximum Gasteiger partial charge on any atom is 0.0549 e. The molecular formula is C12H20N4O. The first-order valence-corrected chi connectivity index (χ1v) is 5.93. The van der Waals surface area contributed by atoms with Crippen LogP contribution >= 0.6 is 0 Å². The van der Waals surface area contributed by atoms with Crippen LogP contribution in [0.5, 0.6) is 0 Å². The molecule has 0 spiro atoms. The van der Waals surface area contributed by atoms with Crippen molar-refractivity contribution in [3.05, 3.63) is 23.8 Å². The average Bonchev–Trinajstić information content (AvgIpc) is 2.70. The molecule has 1 aromatic carbocycles. The number of nitrogens with two attached hydrogens (primary N) is 2. The lowest BCUT2D eigenvalue weighted by Crippen LogP contribution is -2.38. The van der Waals surface area contributed by atoms with Crippen LogP contribution in [0.25, 0.3) is 0 Å². The highest BCUT2D eigenvalue weighted by Gasteiger charge is 2.23. The van der Waals surface area contributed by atoms with Crippen molar-refractivity contribution < 1.29 is 5.11 Å². The SMILES string of the molecule is Nc1ccc(NC2CNCC2N)cc1CCO. The Morgan fingerprint density at radius 2 is 2.24 bits per heavy atom. The summed E-state index contributed by atoms with van der Waals surface area (Å²) in [4.78, 5) is 0. The van der Waals surface area contributed by atoms with Crippen molar-refractivity contribution in [2.75, 3.05) is 30.7 Å². The molecule has 5 nitrogen and oxygen atoms in total. The van der Waals surface area contributed by atoms with E-state index >= 15 is 0 Å². The average molecular weight is 236 g/mol. The van der Waals surface area contributed by atoms with Crippen molar-refractivity contribution in [3.8, 4) is 0 Å². The van der Waals surface area contributed by atoms with E-state index in [9.17, 15) is 0 Å². The number of aliphatic hydroxyl groups is 1. The Hall–Kier alpha value is -1.30. The molecule has 2 rings (SSSR count). The van der Waals surface area contributed by atoms with Crippen LogP contribution in [0.15, 0.2) is 18.2 Å². The Balaban J connectivity index is 2.07. The van der Waals surface area contributed by atoms with Gasteiger partial charge >= 0.3 is 0 Å². The Morgan fingerprint density at radius 3 is 2.88 bits per heavy atom.